The molecule has 1 aliphatic rings. The molecule has 0 radical (unpaired) electrons. The van der Waals surface area contributed by atoms with Crippen molar-refractivity contribution in [2.75, 3.05) is 10.6 Å². The molecule has 1 heterocycles. The van der Waals surface area contributed by atoms with Crippen LogP contribution in [0.1, 0.15) is 32.9 Å². The number of anilines is 2. The van der Waals surface area contributed by atoms with Crippen molar-refractivity contribution in [1.82, 2.24) is 4.98 Å². The first-order valence-electron chi connectivity index (χ1n) is 9.66. The van der Waals surface area contributed by atoms with E-state index in [1.54, 1.807) is 24.3 Å². The summed E-state index contributed by atoms with van der Waals surface area (Å²) < 4.78 is 0.967. The van der Waals surface area contributed by atoms with E-state index < -0.39 is 0 Å². The number of nitrogens with zero attached hydrogens (tertiary/aromatic N) is 1. The Morgan fingerprint density at radius 3 is 2.77 bits per heavy atom. The molecule has 0 fully saturated rings. The lowest BCUT2D eigenvalue weighted by Crippen LogP contribution is -2.27. The van der Waals surface area contributed by atoms with Gasteiger partial charge in [0.05, 0.1) is 12.1 Å². The summed E-state index contributed by atoms with van der Waals surface area (Å²) in [7, 11) is 0. The highest BCUT2D eigenvalue weighted by Gasteiger charge is 2.21. The van der Waals surface area contributed by atoms with Crippen LogP contribution in [0.15, 0.2) is 53.0 Å². The van der Waals surface area contributed by atoms with E-state index in [9.17, 15) is 9.59 Å². The molecule has 0 spiro atoms. The molecular formula is C22H21BrN4O2S. The molecule has 1 aromatic heterocycles. The van der Waals surface area contributed by atoms with Crippen LogP contribution in [0.3, 0.4) is 0 Å². The van der Waals surface area contributed by atoms with Crippen LogP contribution in [0.25, 0.3) is 0 Å². The molecular weight excluding hydrogens is 464 g/mol. The monoisotopic (exact) mass is 484 g/mol. The molecule has 4 N–H and O–H groups in total. The average Bonchev–Trinajstić information content (AvgIpc) is 3.11. The van der Waals surface area contributed by atoms with E-state index in [-0.39, 0.29) is 24.3 Å². The zero-order valence-electron chi connectivity index (χ0n) is 16.2. The van der Waals surface area contributed by atoms with Crippen LogP contribution in [-0.2, 0) is 24.1 Å². The lowest BCUT2D eigenvalue weighted by molar-refractivity contribution is -0.115. The van der Waals surface area contributed by atoms with E-state index in [4.69, 9.17) is 5.73 Å². The molecule has 154 valence electrons. The molecule has 3 aromatic rings. The van der Waals surface area contributed by atoms with Gasteiger partial charge in [-0.3, -0.25) is 14.9 Å². The topological polar surface area (TPSA) is 97.1 Å². The van der Waals surface area contributed by atoms with Gasteiger partial charge >= 0.3 is 0 Å². The average molecular weight is 485 g/mol. The van der Waals surface area contributed by atoms with Crippen LogP contribution in [-0.4, -0.2) is 22.8 Å². The van der Waals surface area contributed by atoms with Gasteiger partial charge in [-0.05, 0) is 55.2 Å². The maximum atomic E-state index is 12.7. The Morgan fingerprint density at radius 2 is 1.97 bits per heavy atom. The molecule has 0 saturated heterocycles. The number of hydrogen-bond donors (Lipinski definition) is 3. The van der Waals surface area contributed by atoms with Crippen molar-refractivity contribution >= 4 is 49.9 Å². The maximum absolute atomic E-state index is 12.7. The van der Waals surface area contributed by atoms with Crippen molar-refractivity contribution in [1.29, 1.82) is 0 Å². The third kappa shape index (κ3) is 5.13. The summed E-state index contributed by atoms with van der Waals surface area (Å²) in [6, 6.07) is 14.6. The molecule has 2 aromatic carbocycles. The largest absolute Gasteiger partial charge is 0.327 e. The fourth-order valence-electron chi connectivity index (χ4n) is 3.35. The second-order valence-corrected chi connectivity index (χ2v) is 9.28. The highest BCUT2D eigenvalue weighted by atomic mass is 79.9. The summed E-state index contributed by atoms with van der Waals surface area (Å²) in [5, 5.41) is 6.30. The molecule has 0 unspecified atom stereocenters. The molecule has 0 bridgehead atoms. The Labute approximate surface area is 187 Å². The number of rotatable bonds is 5. The summed E-state index contributed by atoms with van der Waals surface area (Å²) in [5.74, 6) is -0.395. The summed E-state index contributed by atoms with van der Waals surface area (Å²) in [4.78, 5) is 30.7. The summed E-state index contributed by atoms with van der Waals surface area (Å²) in [5.41, 5.74) is 9.00. The fourth-order valence-corrected chi connectivity index (χ4v) is 4.71. The predicted molar refractivity (Wildman–Crippen MR) is 123 cm³/mol. The molecule has 0 aliphatic heterocycles. The molecule has 2 amide bonds. The Bertz CT molecular complexity index is 1080. The number of benzene rings is 2. The van der Waals surface area contributed by atoms with Gasteiger partial charge in [0.1, 0.15) is 0 Å². The first-order chi connectivity index (χ1) is 14.5. The van der Waals surface area contributed by atoms with Crippen LogP contribution in [0.2, 0.25) is 0 Å². The molecule has 4 rings (SSSR count). The maximum Gasteiger partial charge on any atom is 0.257 e. The van der Waals surface area contributed by atoms with Gasteiger partial charge < -0.3 is 11.1 Å². The number of halogens is 1. The van der Waals surface area contributed by atoms with Crippen molar-refractivity contribution in [2.45, 2.75) is 31.7 Å². The molecule has 6 nitrogen and oxygen atoms in total. The van der Waals surface area contributed by atoms with Crippen LogP contribution < -0.4 is 16.4 Å². The van der Waals surface area contributed by atoms with Crippen LogP contribution in [0.5, 0.6) is 0 Å². The van der Waals surface area contributed by atoms with Gasteiger partial charge in [-0.25, -0.2) is 4.98 Å². The quantitative estimate of drug-likeness (QED) is 0.506. The van der Waals surface area contributed by atoms with E-state index in [1.165, 1.54) is 11.3 Å². The molecule has 0 saturated carbocycles. The number of thiazole rings is 1. The number of aromatic nitrogens is 1. The number of hydrogen-bond acceptors (Lipinski definition) is 5. The zero-order valence-corrected chi connectivity index (χ0v) is 18.6. The third-order valence-electron chi connectivity index (χ3n) is 4.88. The Balaban J connectivity index is 1.39. The zero-order chi connectivity index (χ0) is 21.1. The number of carbonyl (C=O) groups is 2. The van der Waals surface area contributed by atoms with Crippen LogP contribution in [0.4, 0.5) is 10.8 Å². The van der Waals surface area contributed by atoms with Crippen molar-refractivity contribution in [2.24, 2.45) is 5.73 Å². The molecule has 8 heteroatoms. The van der Waals surface area contributed by atoms with E-state index >= 15 is 0 Å². The number of carbonyl (C=O) groups excluding carboxylic acids is 2. The Hall–Kier alpha value is -2.55. The van der Waals surface area contributed by atoms with E-state index in [1.807, 2.05) is 24.3 Å². The summed E-state index contributed by atoms with van der Waals surface area (Å²) in [6.07, 6.45) is 2.84. The number of aryl methyl sites for hydroxylation is 1. The van der Waals surface area contributed by atoms with E-state index in [0.29, 0.717) is 16.4 Å². The Kier molecular flexibility index (Phi) is 6.26. The van der Waals surface area contributed by atoms with Crippen molar-refractivity contribution in [3.63, 3.8) is 0 Å². The van der Waals surface area contributed by atoms with E-state index in [2.05, 4.69) is 31.5 Å². The Morgan fingerprint density at radius 1 is 1.17 bits per heavy atom. The second-order valence-electron chi connectivity index (χ2n) is 7.28. The minimum Gasteiger partial charge on any atom is -0.327 e. The minimum absolute atomic E-state index is 0.140. The second kappa shape index (κ2) is 9.07. The smallest absolute Gasteiger partial charge is 0.257 e. The summed E-state index contributed by atoms with van der Waals surface area (Å²) in [6.45, 7) is 0. The fraction of sp³-hybridized carbons (Fsp3) is 0.227. The number of amides is 2. The number of nitrogens with two attached hydrogens (primary N) is 1. The molecule has 1 atom stereocenters. The normalized spacial score (nSPS) is 15.3. The number of nitrogens with one attached hydrogen (secondary N) is 2. The van der Waals surface area contributed by atoms with Gasteiger partial charge in [0.2, 0.25) is 5.91 Å². The third-order valence-corrected chi connectivity index (χ3v) is 6.45. The summed E-state index contributed by atoms with van der Waals surface area (Å²) >= 11 is 4.86. The minimum atomic E-state index is -0.255. The first-order valence-corrected chi connectivity index (χ1v) is 11.3. The van der Waals surface area contributed by atoms with Gasteiger partial charge in [0.25, 0.3) is 5.91 Å². The van der Waals surface area contributed by atoms with Gasteiger partial charge in [-0.2, -0.15) is 0 Å². The standard InChI is InChI=1S/C22H21BrN4O2S/c23-15-6-4-13(5-7-15)10-20(28)25-17-3-1-2-14(11-17)21(29)27-22-26-18-9-8-16(24)12-19(18)30-22/h1-7,11,16H,8-10,12,24H2,(H,25,28)(H,26,27,29)/t16-/m0/s1. The highest BCUT2D eigenvalue weighted by molar-refractivity contribution is 9.10. The number of fused-ring (bicyclic) bond motifs is 1. The van der Waals surface area contributed by atoms with Crippen LogP contribution >= 0.6 is 27.3 Å². The van der Waals surface area contributed by atoms with Crippen molar-refractivity contribution in [3.05, 3.63) is 74.7 Å². The first kappa shape index (κ1) is 20.7. The van der Waals surface area contributed by atoms with Gasteiger partial charge in [0, 0.05) is 26.6 Å². The molecule has 1 aliphatic carbocycles. The van der Waals surface area contributed by atoms with E-state index in [0.717, 1.165) is 39.9 Å². The van der Waals surface area contributed by atoms with Gasteiger partial charge in [0.15, 0.2) is 5.13 Å². The lowest BCUT2D eigenvalue weighted by atomic mass is 9.99. The van der Waals surface area contributed by atoms with Crippen molar-refractivity contribution < 1.29 is 9.59 Å². The SMILES string of the molecule is N[C@H]1CCc2nc(NC(=O)c3cccc(NC(=O)Cc4ccc(Br)cc4)c3)sc2C1. The van der Waals surface area contributed by atoms with Gasteiger partial charge in [-0.15, -0.1) is 11.3 Å². The van der Waals surface area contributed by atoms with Gasteiger partial charge in [-0.1, -0.05) is 34.1 Å². The van der Waals surface area contributed by atoms with Crippen molar-refractivity contribution in [3.8, 4) is 0 Å². The van der Waals surface area contributed by atoms with Crippen LogP contribution in [0, 0.1) is 0 Å². The lowest BCUT2D eigenvalue weighted by Gasteiger charge is -2.15. The predicted octanol–water partition coefficient (Wildman–Crippen LogP) is 4.16. The highest BCUT2D eigenvalue weighted by Crippen LogP contribution is 2.29. The molecule has 30 heavy (non-hydrogen) atoms.